The van der Waals surface area contributed by atoms with Crippen molar-refractivity contribution in [1.82, 2.24) is 5.17 Å². The molecule has 5 nitrogen and oxygen atoms in total. The van der Waals surface area contributed by atoms with Crippen molar-refractivity contribution in [2.75, 3.05) is 0 Å². The Labute approximate surface area is 93.0 Å². The predicted molar refractivity (Wildman–Crippen MR) is 60.2 cm³/mol. The van der Waals surface area contributed by atoms with Gasteiger partial charge >= 0.3 is 0 Å². The zero-order valence-corrected chi connectivity index (χ0v) is 9.62. The molecule has 0 radical (unpaired) electrons. The summed E-state index contributed by atoms with van der Waals surface area (Å²) in [6.07, 6.45) is 2.50. The van der Waals surface area contributed by atoms with Crippen LogP contribution in [0.5, 0.6) is 0 Å². The molecule has 1 heterocycles. The molecule has 0 aliphatic carbocycles. The standard InChI is InChI=1S/C9H15N3O2S/c1-4-5-9(2,3)8-11-12(14)7(15-8)6(10)13/h4,7,14H,1,5H2,2-3H3,(H2,10,13). The lowest BCUT2D eigenvalue weighted by Crippen LogP contribution is -2.35. The van der Waals surface area contributed by atoms with Gasteiger partial charge in [-0.25, -0.2) is 0 Å². The third-order valence-electron chi connectivity index (χ3n) is 2.10. The van der Waals surface area contributed by atoms with Gasteiger partial charge in [0.1, 0.15) is 5.04 Å². The van der Waals surface area contributed by atoms with E-state index in [1.54, 1.807) is 6.08 Å². The number of thioether (sulfide) groups is 1. The number of rotatable bonds is 4. The van der Waals surface area contributed by atoms with Gasteiger partial charge in [-0.2, -0.15) is 5.17 Å². The van der Waals surface area contributed by atoms with E-state index in [0.29, 0.717) is 10.2 Å². The lowest BCUT2D eigenvalue weighted by Gasteiger charge is -2.21. The van der Waals surface area contributed by atoms with Crippen LogP contribution in [0.4, 0.5) is 0 Å². The first-order valence-corrected chi connectivity index (χ1v) is 5.40. The second-order valence-corrected chi connectivity index (χ2v) is 5.04. The zero-order valence-electron chi connectivity index (χ0n) is 8.80. The summed E-state index contributed by atoms with van der Waals surface area (Å²) in [7, 11) is 0. The van der Waals surface area contributed by atoms with Crippen LogP contribution in [0.15, 0.2) is 17.8 Å². The number of nitrogens with zero attached hydrogens (tertiary/aromatic N) is 2. The number of hydrazone groups is 1. The molecule has 84 valence electrons. The summed E-state index contributed by atoms with van der Waals surface area (Å²) in [5, 5.41) is 13.8. The molecule has 1 atom stereocenters. The van der Waals surface area contributed by atoms with Gasteiger partial charge in [-0.05, 0) is 6.42 Å². The number of carbonyl (C=O) groups excluding carboxylic acids is 1. The molecule has 0 aromatic heterocycles. The minimum absolute atomic E-state index is 0.238. The summed E-state index contributed by atoms with van der Waals surface area (Å²) in [6, 6.07) is 0. The van der Waals surface area contributed by atoms with E-state index in [-0.39, 0.29) is 5.41 Å². The van der Waals surface area contributed by atoms with Gasteiger partial charge in [-0.3, -0.25) is 10.0 Å². The second-order valence-electron chi connectivity index (χ2n) is 3.97. The fourth-order valence-electron chi connectivity index (χ4n) is 1.24. The highest BCUT2D eigenvalue weighted by Crippen LogP contribution is 2.36. The highest BCUT2D eigenvalue weighted by Gasteiger charge is 2.37. The fourth-order valence-corrected chi connectivity index (χ4v) is 2.24. The van der Waals surface area contributed by atoms with Gasteiger partial charge in [0, 0.05) is 5.41 Å². The maximum Gasteiger partial charge on any atom is 0.255 e. The third kappa shape index (κ3) is 2.51. The molecule has 0 aromatic rings. The third-order valence-corrected chi connectivity index (χ3v) is 3.60. The molecule has 15 heavy (non-hydrogen) atoms. The van der Waals surface area contributed by atoms with Crippen molar-refractivity contribution in [2.24, 2.45) is 16.3 Å². The highest BCUT2D eigenvalue weighted by atomic mass is 32.2. The molecule has 1 unspecified atom stereocenters. The number of allylic oxidation sites excluding steroid dienone is 1. The van der Waals surface area contributed by atoms with E-state index < -0.39 is 11.3 Å². The summed E-state index contributed by atoms with van der Waals surface area (Å²) in [5.74, 6) is -0.601. The molecule has 0 bridgehead atoms. The van der Waals surface area contributed by atoms with Crippen molar-refractivity contribution in [2.45, 2.75) is 25.6 Å². The summed E-state index contributed by atoms with van der Waals surface area (Å²) >= 11 is 1.18. The Morgan fingerprint density at radius 1 is 1.87 bits per heavy atom. The van der Waals surface area contributed by atoms with E-state index in [2.05, 4.69) is 11.7 Å². The molecule has 3 N–H and O–H groups in total. The Balaban J connectivity index is 2.79. The fraction of sp³-hybridized carbons (Fsp3) is 0.556. The molecular formula is C9H15N3O2S. The summed E-state index contributed by atoms with van der Waals surface area (Å²) in [6.45, 7) is 7.60. The molecular weight excluding hydrogens is 214 g/mol. The van der Waals surface area contributed by atoms with Crippen LogP contribution in [-0.2, 0) is 4.79 Å². The van der Waals surface area contributed by atoms with Crippen molar-refractivity contribution in [3.8, 4) is 0 Å². The molecule has 0 fully saturated rings. The van der Waals surface area contributed by atoms with Crippen LogP contribution in [0.2, 0.25) is 0 Å². The Morgan fingerprint density at radius 2 is 2.47 bits per heavy atom. The van der Waals surface area contributed by atoms with E-state index in [0.717, 1.165) is 6.42 Å². The first kappa shape index (κ1) is 12.1. The first-order valence-electron chi connectivity index (χ1n) is 4.52. The topological polar surface area (TPSA) is 78.9 Å². The molecule has 1 amide bonds. The molecule has 0 aromatic carbocycles. The van der Waals surface area contributed by atoms with Crippen LogP contribution in [0.25, 0.3) is 0 Å². The van der Waals surface area contributed by atoms with E-state index in [9.17, 15) is 10.0 Å². The zero-order chi connectivity index (χ0) is 11.6. The summed E-state index contributed by atoms with van der Waals surface area (Å²) < 4.78 is 0. The van der Waals surface area contributed by atoms with Gasteiger partial charge in [0.2, 0.25) is 5.37 Å². The maximum absolute atomic E-state index is 10.9. The van der Waals surface area contributed by atoms with Gasteiger partial charge in [-0.15, -0.1) is 11.7 Å². The van der Waals surface area contributed by atoms with Gasteiger partial charge < -0.3 is 5.73 Å². The SMILES string of the molecule is C=CCC(C)(C)C1=NN(O)C(C(N)=O)S1. The van der Waals surface area contributed by atoms with Gasteiger partial charge in [0.25, 0.3) is 5.91 Å². The van der Waals surface area contributed by atoms with Gasteiger partial charge in [-0.1, -0.05) is 31.7 Å². The largest absolute Gasteiger partial charge is 0.367 e. The van der Waals surface area contributed by atoms with Crippen LogP contribution >= 0.6 is 11.8 Å². The number of primary amides is 1. The normalized spacial score (nSPS) is 21.4. The smallest absolute Gasteiger partial charge is 0.255 e. The van der Waals surface area contributed by atoms with Crippen LogP contribution < -0.4 is 5.73 Å². The average molecular weight is 229 g/mol. The van der Waals surface area contributed by atoms with E-state index in [1.807, 2.05) is 13.8 Å². The number of hydrogen-bond donors (Lipinski definition) is 2. The monoisotopic (exact) mass is 229 g/mol. The molecule has 0 saturated heterocycles. The lowest BCUT2D eigenvalue weighted by atomic mass is 9.91. The number of nitrogens with two attached hydrogens (primary N) is 1. The van der Waals surface area contributed by atoms with Crippen LogP contribution in [0.1, 0.15) is 20.3 Å². The molecule has 1 aliphatic heterocycles. The molecule has 6 heteroatoms. The van der Waals surface area contributed by atoms with Crippen LogP contribution in [-0.4, -0.2) is 26.7 Å². The van der Waals surface area contributed by atoms with Crippen molar-refractivity contribution < 1.29 is 10.0 Å². The van der Waals surface area contributed by atoms with Crippen LogP contribution in [0, 0.1) is 5.41 Å². The van der Waals surface area contributed by atoms with Gasteiger partial charge in [0.15, 0.2) is 0 Å². The average Bonchev–Trinajstić information content (AvgIpc) is 2.47. The second kappa shape index (κ2) is 4.24. The Morgan fingerprint density at radius 3 is 2.87 bits per heavy atom. The molecule has 0 saturated carbocycles. The number of carbonyl (C=O) groups is 1. The minimum Gasteiger partial charge on any atom is -0.367 e. The summed E-state index contributed by atoms with van der Waals surface area (Å²) in [4.78, 5) is 10.9. The van der Waals surface area contributed by atoms with E-state index in [1.165, 1.54) is 11.8 Å². The quantitative estimate of drug-likeness (QED) is 0.709. The number of amides is 1. The Bertz CT molecular complexity index is 314. The number of hydroxylamine groups is 1. The maximum atomic E-state index is 10.9. The Kier molecular flexibility index (Phi) is 3.41. The minimum atomic E-state index is -0.816. The van der Waals surface area contributed by atoms with E-state index >= 15 is 0 Å². The molecule has 1 aliphatic rings. The first-order chi connectivity index (χ1) is 6.88. The van der Waals surface area contributed by atoms with Gasteiger partial charge in [0.05, 0.1) is 0 Å². The van der Waals surface area contributed by atoms with Crippen molar-refractivity contribution in [3.05, 3.63) is 12.7 Å². The summed E-state index contributed by atoms with van der Waals surface area (Å²) in [5.41, 5.74) is 4.87. The Hall–Kier alpha value is -1.01. The van der Waals surface area contributed by atoms with Crippen LogP contribution in [0.3, 0.4) is 0 Å². The highest BCUT2D eigenvalue weighted by molar-refractivity contribution is 8.15. The van der Waals surface area contributed by atoms with E-state index in [4.69, 9.17) is 5.73 Å². The van der Waals surface area contributed by atoms with Crippen molar-refractivity contribution in [3.63, 3.8) is 0 Å². The predicted octanol–water partition coefficient (Wildman–Crippen LogP) is 1.15. The molecule has 0 spiro atoms. The van der Waals surface area contributed by atoms with Crippen molar-refractivity contribution >= 4 is 22.7 Å². The number of hydrogen-bond acceptors (Lipinski definition) is 5. The lowest BCUT2D eigenvalue weighted by molar-refractivity contribution is -0.138. The van der Waals surface area contributed by atoms with Crippen molar-refractivity contribution in [1.29, 1.82) is 0 Å². The molecule has 1 rings (SSSR count).